The van der Waals surface area contributed by atoms with Gasteiger partial charge in [-0.2, -0.15) is 5.10 Å². The second-order valence-corrected chi connectivity index (χ2v) is 5.71. The van der Waals surface area contributed by atoms with Gasteiger partial charge in [0.2, 0.25) is 0 Å². The van der Waals surface area contributed by atoms with Crippen molar-refractivity contribution < 1.29 is 0 Å². The molecular weight excluding hydrogens is 401 g/mol. The standard InChI is InChI=1S/C10H9BrIN3S/c1-2-15-9(13-14-10(15)16)7-5-6(12)3-4-8(7)11/h3-5H,2H2,1H3,(H,14,16). The molecule has 0 saturated carbocycles. The number of benzene rings is 1. The number of hydrogen-bond donors (Lipinski definition) is 1. The van der Waals surface area contributed by atoms with E-state index in [4.69, 9.17) is 12.2 Å². The van der Waals surface area contributed by atoms with Gasteiger partial charge >= 0.3 is 0 Å². The van der Waals surface area contributed by atoms with Crippen molar-refractivity contribution in [2.45, 2.75) is 13.5 Å². The lowest BCUT2D eigenvalue weighted by molar-refractivity contribution is 0.755. The Labute approximate surface area is 121 Å². The first-order valence-corrected chi connectivity index (χ1v) is 7.02. The van der Waals surface area contributed by atoms with Gasteiger partial charge < -0.3 is 4.57 Å². The number of aromatic amines is 1. The molecule has 0 spiro atoms. The van der Waals surface area contributed by atoms with Gasteiger partial charge in [0, 0.05) is 20.2 Å². The Bertz CT molecular complexity index is 576. The molecule has 1 aromatic heterocycles. The molecule has 16 heavy (non-hydrogen) atoms. The van der Waals surface area contributed by atoms with E-state index in [0.29, 0.717) is 4.77 Å². The summed E-state index contributed by atoms with van der Waals surface area (Å²) in [6, 6.07) is 6.16. The number of aromatic nitrogens is 3. The maximum Gasteiger partial charge on any atom is 0.195 e. The van der Waals surface area contributed by atoms with Crippen LogP contribution >= 0.6 is 50.7 Å². The number of nitrogens with one attached hydrogen (secondary N) is 1. The molecule has 3 nitrogen and oxygen atoms in total. The first-order valence-electron chi connectivity index (χ1n) is 4.74. The Morgan fingerprint density at radius 2 is 2.31 bits per heavy atom. The molecule has 0 aliphatic heterocycles. The molecule has 0 radical (unpaired) electrons. The molecule has 1 heterocycles. The summed E-state index contributed by atoms with van der Waals surface area (Å²) in [5.74, 6) is 0.873. The lowest BCUT2D eigenvalue weighted by Crippen LogP contribution is -1.98. The number of H-pyrrole nitrogens is 1. The van der Waals surface area contributed by atoms with E-state index >= 15 is 0 Å². The van der Waals surface area contributed by atoms with E-state index in [9.17, 15) is 0 Å². The van der Waals surface area contributed by atoms with Gasteiger partial charge in [0.25, 0.3) is 0 Å². The summed E-state index contributed by atoms with van der Waals surface area (Å²) in [5.41, 5.74) is 1.06. The summed E-state index contributed by atoms with van der Waals surface area (Å²) in [4.78, 5) is 0. The molecule has 1 aromatic carbocycles. The van der Waals surface area contributed by atoms with Crippen LogP contribution in [0.5, 0.6) is 0 Å². The number of nitrogens with zero attached hydrogens (tertiary/aromatic N) is 2. The Balaban J connectivity index is 2.67. The Morgan fingerprint density at radius 1 is 1.56 bits per heavy atom. The van der Waals surface area contributed by atoms with E-state index < -0.39 is 0 Å². The fraction of sp³-hybridized carbons (Fsp3) is 0.200. The molecule has 6 heteroatoms. The third-order valence-corrected chi connectivity index (χ3v) is 3.92. The van der Waals surface area contributed by atoms with Crippen molar-refractivity contribution >= 4 is 50.7 Å². The highest BCUT2D eigenvalue weighted by molar-refractivity contribution is 14.1. The number of halogens is 2. The predicted molar refractivity (Wildman–Crippen MR) is 78.9 cm³/mol. The first-order chi connectivity index (χ1) is 7.63. The third-order valence-electron chi connectivity index (χ3n) is 2.24. The highest BCUT2D eigenvalue weighted by atomic mass is 127. The Hall–Kier alpha value is -0.210. The molecule has 0 bridgehead atoms. The molecule has 0 unspecified atom stereocenters. The molecule has 1 N–H and O–H groups in total. The fourth-order valence-corrected chi connectivity index (χ4v) is 2.66. The quantitative estimate of drug-likeness (QED) is 0.600. The molecular formula is C10H9BrIN3S. The summed E-state index contributed by atoms with van der Waals surface area (Å²) in [5, 5.41) is 7.10. The minimum atomic E-state index is 0.656. The second kappa shape index (κ2) is 4.97. The van der Waals surface area contributed by atoms with Crippen LogP contribution in [0.3, 0.4) is 0 Å². The van der Waals surface area contributed by atoms with Gasteiger partial charge in [-0.15, -0.1) is 0 Å². The molecule has 2 rings (SSSR count). The van der Waals surface area contributed by atoms with Gasteiger partial charge in [-0.25, -0.2) is 0 Å². The third kappa shape index (κ3) is 2.23. The van der Waals surface area contributed by atoms with E-state index in [1.54, 1.807) is 0 Å². The average molecular weight is 410 g/mol. The minimum absolute atomic E-state index is 0.656. The zero-order valence-electron chi connectivity index (χ0n) is 8.50. The van der Waals surface area contributed by atoms with Crippen LogP contribution in [0.25, 0.3) is 11.4 Å². The van der Waals surface area contributed by atoms with Gasteiger partial charge in [0.15, 0.2) is 10.6 Å². The van der Waals surface area contributed by atoms with Crippen LogP contribution in [-0.4, -0.2) is 14.8 Å². The van der Waals surface area contributed by atoms with Crippen LogP contribution in [0.1, 0.15) is 6.92 Å². The average Bonchev–Trinajstić information content (AvgIpc) is 2.63. The Morgan fingerprint density at radius 3 is 3.00 bits per heavy atom. The van der Waals surface area contributed by atoms with Crippen molar-refractivity contribution in [2.24, 2.45) is 0 Å². The molecule has 0 amide bonds. The summed E-state index contributed by atoms with van der Waals surface area (Å²) in [6.45, 7) is 2.86. The molecule has 84 valence electrons. The second-order valence-electron chi connectivity index (χ2n) is 3.22. The molecule has 0 atom stereocenters. The smallest absolute Gasteiger partial charge is 0.195 e. The van der Waals surface area contributed by atoms with Crippen LogP contribution in [0.15, 0.2) is 22.7 Å². The fourth-order valence-electron chi connectivity index (χ4n) is 1.49. The van der Waals surface area contributed by atoms with E-state index in [0.717, 1.165) is 22.4 Å². The summed E-state index contributed by atoms with van der Waals surface area (Å²) >= 11 is 11.0. The van der Waals surface area contributed by atoms with Crippen LogP contribution in [0, 0.1) is 8.34 Å². The van der Waals surface area contributed by atoms with Crippen molar-refractivity contribution in [1.82, 2.24) is 14.8 Å². The summed E-state index contributed by atoms with van der Waals surface area (Å²) in [7, 11) is 0. The van der Waals surface area contributed by atoms with Crippen LogP contribution in [0.4, 0.5) is 0 Å². The predicted octanol–water partition coefficient (Wildman–Crippen LogP) is 3.99. The topological polar surface area (TPSA) is 33.6 Å². The highest BCUT2D eigenvalue weighted by Gasteiger charge is 2.11. The minimum Gasteiger partial charge on any atom is -0.300 e. The van der Waals surface area contributed by atoms with Gasteiger partial charge in [0.1, 0.15) is 0 Å². The zero-order chi connectivity index (χ0) is 11.7. The largest absolute Gasteiger partial charge is 0.300 e. The van der Waals surface area contributed by atoms with Crippen molar-refractivity contribution in [3.63, 3.8) is 0 Å². The SMILES string of the molecule is CCn1c(-c2cc(I)ccc2Br)n[nH]c1=S. The van der Waals surface area contributed by atoms with E-state index in [-0.39, 0.29) is 0 Å². The summed E-state index contributed by atoms with van der Waals surface area (Å²) in [6.07, 6.45) is 0. The maximum absolute atomic E-state index is 5.18. The van der Waals surface area contributed by atoms with E-state index in [1.165, 1.54) is 3.57 Å². The number of hydrogen-bond acceptors (Lipinski definition) is 2. The van der Waals surface area contributed by atoms with Crippen molar-refractivity contribution in [1.29, 1.82) is 0 Å². The van der Waals surface area contributed by atoms with Gasteiger partial charge in [-0.1, -0.05) is 15.9 Å². The van der Waals surface area contributed by atoms with Gasteiger partial charge in [-0.05, 0) is 59.9 Å². The maximum atomic E-state index is 5.18. The van der Waals surface area contributed by atoms with E-state index in [1.807, 2.05) is 16.7 Å². The monoisotopic (exact) mass is 409 g/mol. The van der Waals surface area contributed by atoms with Crippen molar-refractivity contribution in [3.8, 4) is 11.4 Å². The Kier molecular flexibility index (Phi) is 3.81. The van der Waals surface area contributed by atoms with Crippen LogP contribution in [0.2, 0.25) is 0 Å². The summed E-state index contributed by atoms with van der Waals surface area (Å²) < 4.78 is 4.83. The molecule has 0 saturated heterocycles. The van der Waals surface area contributed by atoms with Crippen molar-refractivity contribution in [3.05, 3.63) is 31.0 Å². The molecule has 0 fully saturated rings. The normalized spacial score (nSPS) is 10.7. The van der Waals surface area contributed by atoms with Crippen LogP contribution < -0.4 is 0 Å². The highest BCUT2D eigenvalue weighted by Crippen LogP contribution is 2.28. The first kappa shape index (κ1) is 12.3. The molecule has 2 aromatic rings. The lowest BCUT2D eigenvalue weighted by Gasteiger charge is -2.06. The van der Waals surface area contributed by atoms with E-state index in [2.05, 4.69) is 61.7 Å². The van der Waals surface area contributed by atoms with Crippen molar-refractivity contribution in [2.75, 3.05) is 0 Å². The van der Waals surface area contributed by atoms with Gasteiger partial charge in [-0.3, -0.25) is 5.10 Å². The zero-order valence-corrected chi connectivity index (χ0v) is 13.1. The molecule has 0 aliphatic carbocycles. The molecule has 0 aliphatic rings. The van der Waals surface area contributed by atoms with Crippen LogP contribution in [-0.2, 0) is 6.54 Å². The number of rotatable bonds is 2. The van der Waals surface area contributed by atoms with Gasteiger partial charge in [0.05, 0.1) is 0 Å². The lowest BCUT2D eigenvalue weighted by atomic mass is 10.2.